The molecule has 17 heavy (non-hydrogen) atoms. The fourth-order valence-corrected chi connectivity index (χ4v) is 2.02. The van der Waals surface area contributed by atoms with Crippen molar-refractivity contribution >= 4 is 0 Å². The summed E-state index contributed by atoms with van der Waals surface area (Å²) in [5.41, 5.74) is 6.94. The van der Waals surface area contributed by atoms with E-state index in [2.05, 4.69) is 0 Å². The van der Waals surface area contributed by atoms with Gasteiger partial charge in [0.1, 0.15) is 11.5 Å². The molecule has 1 aromatic rings. The summed E-state index contributed by atoms with van der Waals surface area (Å²) < 4.78 is 11.2. The minimum absolute atomic E-state index is 0.0814. The van der Waals surface area contributed by atoms with E-state index in [1.165, 1.54) is 12.8 Å². The molecular formula is C14H21NO2. The van der Waals surface area contributed by atoms with Crippen molar-refractivity contribution in [1.29, 1.82) is 0 Å². The van der Waals surface area contributed by atoms with E-state index in [0.29, 0.717) is 0 Å². The number of hydrogen-bond acceptors (Lipinski definition) is 3. The molecule has 0 bridgehead atoms. The molecule has 94 valence electrons. The first-order valence-corrected chi connectivity index (χ1v) is 6.27. The Bertz CT molecular complexity index is 372. The van der Waals surface area contributed by atoms with Gasteiger partial charge in [0.25, 0.3) is 0 Å². The van der Waals surface area contributed by atoms with Gasteiger partial charge < -0.3 is 15.2 Å². The lowest BCUT2D eigenvalue weighted by atomic mass is 10.1. The number of hydrogen-bond donors (Lipinski definition) is 1. The Morgan fingerprint density at radius 2 is 2.06 bits per heavy atom. The first-order chi connectivity index (χ1) is 8.22. The van der Waals surface area contributed by atoms with Crippen LogP contribution in [0.2, 0.25) is 0 Å². The lowest BCUT2D eigenvalue weighted by molar-refractivity contribution is 0.295. The van der Waals surface area contributed by atoms with Crippen LogP contribution in [0.3, 0.4) is 0 Å². The van der Waals surface area contributed by atoms with Gasteiger partial charge in [-0.25, -0.2) is 0 Å². The van der Waals surface area contributed by atoms with Crippen LogP contribution < -0.4 is 15.2 Å². The molecule has 0 heterocycles. The van der Waals surface area contributed by atoms with Crippen LogP contribution in [0.1, 0.15) is 37.8 Å². The van der Waals surface area contributed by atoms with E-state index in [4.69, 9.17) is 15.2 Å². The summed E-state index contributed by atoms with van der Waals surface area (Å²) in [6, 6.07) is 5.75. The highest BCUT2D eigenvalue weighted by molar-refractivity contribution is 5.46. The molecule has 1 aromatic carbocycles. The maximum atomic E-state index is 5.97. The first kappa shape index (κ1) is 12.2. The highest BCUT2D eigenvalue weighted by Gasteiger charge is 2.21. The van der Waals surface area contributed by atoms with Crippen LogP contribution in [0.5, 0.6) is 11.5 Å². The van der Waals surface area contributed by atoms with Crippen molar-refractivity contribution in [3.8, 4) is 11.5 Å². The van der Waals surface area contributed by atoms with Crippen LogP contribution in [0.4, 0.5) is 0 Å². The van der Waals surface area contributed by atoms with Crippen LogP contribution in [0, 0.1) is 5.92 Å². The van der Waals surface area contributed by atoms with Gasteiger partial charge in [-0.15, -0.1) is 0 Å². The highest BCUT2D eigenvalue weighted by atomic mass is 16.5. The molecule has 0 aliphatic heterocycles. The van der Waals surface area contributed by atoms with Crippen LogP contribution in [-0.4, -0.2) is 13.7 Å². The van der Waals surface area contributed by atoms with Crippen molar-refractivity contribution in [2.24, 2.45) is 11.7 Å². The Balaban J connectivity index is 2.07. The lowest BCUT2D eigenvalue weighted by Crippen LogP contribution is -2.10. The molecule has 1 aliphatic rings. The summed E-state index contributed by atoms with van der Waals surface area (Å²) in [7, 11) is 1.66. The van der Waals surface area contributed by atoms with Crippen molar-refractivity contribution in [3.63, 3.8) is 0 Å². The number of methoxy groups -OCH3 is 1. The van der Waals surface area contributed by atoms with Crippen LogP contribution in [0.15, 0.2) is 18.2 Å². The monoisotopic (exact) mass is 235 g/mol. The predicted octanol–water partition coefficient (Wildman–Crippen LogP) is 2.89. The number of rotatable bonds is 6. The highest BCUT2D eigenvalue weighted by Crippen LogP contribution is 2.35. The van der Waals surface area contributed by atoms with E-state index in [0.717, 1.165) is 36.0 Å². The fraction of sp³-hybridized carbons (Fsp3) is 0.571. The minimum atomic E-state index is -0.0814. The van der Waals surface area contributed by atoms with Gasteiger partial charge in [-0.1, -0.05) is 18.9 Å². The molecule has 1 saturated carbocycles. The first-order valence-electron chi connectivity index (χ1n) is 6.27. The van der Waals surface area contributed by atoms with Crippen molar-refractivity contribution in [1.82, 2.24) is 0 Å². The molecular weight excluding hydrogens is 214 g/mol. The third kappa shape index (κ3) is 3.13. The van der Waals surface area contributed by atoms with E-state index >= 15 is 0 Å². The van der Waals surface area contributed by atoms with Gasteiger partial charge in [-0.2, -0.15) is 0 Å². The van der Waals surface area contributed by atoms with E-state index in [1.54, 1.807) is 7.11 Å². The summed E-state index contributed by atoms with van der Waals surface area (Å²) in [5, 5.41) is 0. The van der Waals surface area contributed by atoms with E-state index in [-0.39, 0.29) is 6.04 Å². The Morgan fingerprint density at radius 1 is 1.35 bits per heavy atom. The molecule has 1 fully saturated rings. The van der Waals surface area contributed by atoms with Gasteiger partial charge >= 0.3 is 0 Å². The van der Waals surface area contributed by atoms with Crippen LogP contribution in [0.25, 0.3) is 0 Å². The largest absolute Gasteiger partial charge is 0.496 e. The number of nitrogens with two attached hydrogens (primary N) is 1. The van der Waals surface area contributed by atoms with Gasteiger partial charge in [0, 0.05) is 6.04 Å². The normalized spacial score (nSPS) is 16.6. The molecule has 1 atom stereocenters. The van der Waals surface area contributed by atoms with Crippen molar-refractivity contribution < 1.29 is 9.47 Å². The Hall–Kier alpha value is -1.22. The van der Waals surface area contributed by atoms with Crippen LogP contribution >= 0.6 is 0 Å². The summed E-state index contributed by atoms with van der Waals surface area (Å²) in [4.78, 5) is 0. The molecule has 0 spiro atoms. The average molecular weight is 235 g/mol. The Morgan fingerprint density at radius 3 is 2.65 bits per heavy atom. The summed E-state index contributed by atoms with van der Waals surface area (Å²) in [5.74, 6) is 2.56. The zero-order valence-corrected chi connectivity index (χ0v) is 10.6. The second kappa shape index (κ2) is 5.41. The fourth-order valence-electron chi connectivity index (χ4n) is 2.02. The second-order valence-electron chi connectivity index (χ2n) is 4.74. The van der Waals surface area contributed by atoms with Crippen molar-refractivity contribution in [3.05, 3.63) is 23.8 Å². The average Bonchev–Trinajstić information content (AvgIpc) is 3.12. The molecule has 1 aliphatic carbocycles. The minimum Gasteiger partial charge on any atom is -0.496 e. The van der Waals surface area contributed by atoms with Crippen molar-refractivity contribution in [2.45, 2.75) is 32.2 Å². The standard InChI is InChI=1S/C14H21NO2/c1-10(15)14-12(16-2)4-3-5-13(14)17-9-8-11-6-7-11/h3-5,10-11H,6-9,15H2,1-2H3/t10-/m0/s1. The third-order valence-corrected chi connectivity index (χ3v) is 3.18. The summed E-state index contributed by atoms with van der Waals surface area (Å²) in [6.45, 7) is 2.73. The Kier molecular flexibility index (Phi) is 3.89. The maximum absolute atomic E-state index is 5.97. The van der Waals surface area contributed by atoms with E-state index < -0.39 is 0 Å². The maximum Gasteiger partial charge on any atom is 0.127 e. The van der Waals surface area contributed by atoms with Gasteiger partial charge in [-0.05, 0) is 31.4 Å². The van der Waals surface area contributed by atoms with Gasteiger partial charge in [0.15, 0.2) is 0 Å². The molecule has 0 saturated heterocycles. The van der Waals surface area contributed by atoms with Crippen molar-refractivity contribution in [2.75, 3.05) is 13.7 Å². The molecule has 0 unspecified atom stereocenters. The number of benzene rings is 1. The molecule has 3 nitrogen and oxygen atoms in total. The smallest absolute Gasteiger partial charge is 0.127 e. The molecule has 3 heteroatoms. The van der Waals surface area contributed by atoms with Gasteiger partial charge in [-0.3, -0.25) is 0 Å². The summed E-state index contributed by atoms with van der Waals surface area (Å²) in [6.07, 6.45) is 3.87. The van der Waals surface area contributed by atoms with E-state index in [1.807, 2.05) is 25.1 Å². The molecule has 0 amide bonds. The molecule has 2 rings (SSSR count). The molecule has 0 radical (unpaired) electrons. The van der Waals surface area contributed by atoms with Gasteiger partial charge in [0.05, 0.1) is 19.3 Å². The van der Waals surface area contributed by atoms with E-state index in [9.17, 15) is 0 Å². The molecule has 0 aromatic heterocycles. The third-order valence-electron chi connectivity index (χ3n) is 3.18. The zero-order chi connectivity index (χ0) is 12.3. The summed E-state index contributed by atoms with van der Waals surface area (Å²) >= 11 is 0. The van der Waals surface area contributed by atoms with Gasteiger partial charge in [0.2, 0.25) is 0 Å². The SMILES string of the molecule is COc1cccc(OCCC2CC2)c1[C@H](C)N. The Labute approximate surface area is 103 Å². The second-order valence-corrected chi connectivity index (χ2v) is 4.74. The lowest BCUT2D eigenvalue weighted by Gasteiger charge is -2.17. The molecule has 2 N–H and O–H groups in total. The zero-order valence-electron chi connectivity index (χ0n) is 10.6. The quantitative estimate of drug-likeness (QED) is 0.824. The topological polar surface area (TPSA) is 44.5 Å². The predicted molar refractivity (Wildman–Crippen MR) is 68.4 cm³/mol. The van der Waals surface area contributed by atoms with Crippen LogP contribution in [-0.2, 0) is 0 Å². The number of ether oxygens (including phenoxy) is 2.